The molecule has 1 aromatic rings. The third-order valence-corrected chi connectivity index (χ3v) is 7.25. The fraction of sp³-hybridized carbons (Fsp3) is 0.684. The molecule has 1 saturated heterocycles. The lowest BCUT2D eigenvalue weighted by molar-refractivity contribution is -0.259. The first kappa shape index (κ1) is 13.1. The second kappa shape index (κ2) is 4.04. The molecule has 2 aliphatic heterocycles. The summed E-state index contributed by atoms with van der Waals surface area (Å²) in [7, 11) is 0. The van der Waals surface area contributed by atoms with Gasteiger partial charge < -0.3 is 19.3 Å². The highest BCUT2D eigenvalue weighted by Crippen LogP contribution is 2.68. The van der Waals surface area contributed by atoms with Crippen LogP contribution >= 0.6 is 0 Å². The molecule has 4 atom stereocenters. The van der Waals surface area contributed by atoms with Gasteiger partial charge in [0.25, 0.3) is 0 Å². The van der Waals surface area contributed by atoms with Gasteiger partial charge in [-0.05, 0) is 49.1 Å². The molecule has 4 heteroatoms. The molecular weight excluding hydrogens is 292 g/mol. The molecule has 3 aliphatic carbocycles. The van der Waals surface area contributed by atoms with Gasteiger partial charge >= 0.3 is 0 Å². The monoisotopic (exact) mass is 314 g/mol. The van der Waals surface area contributed by atoms with E-state index in [-0.39, 0.29) is 17.3 Å². The molecule has 122 valence electrons. The van der Waals surface area contributed by atoms with Crippen LogP contribution in [0.3, 0.4) is 0 Å². The molecule has 2 heterocycles. The molecule has 0 amide bonds. The minimum absolute atomic E-state index is 0.00678. The van der Waals surface area contributed by atoms with Gasteiger partial charge in [0.05, 0.1) is 13.2 Å². The lowest BCUT2D eigenvalue weighted by Crippen LogP contribution is -2.65. The number of fused-ring (bicyclic) bond motifs is 1. The van der Waals surface area contributed by atoms with E-state index in [0.717, 1.165) is 37.4 Å². The van der Waals surface area contributed by atoms with Gasteiger partial charge in [0.1, 0.15) is 0 Å². The summed E-state index contributed by atoms with van der Waals surface area (Å²) < 4.78 is 18.7. The van der Waals surface area contributed by atoms with Crippen LogP contribution in [0.5, 0.6) is 11.5 Å². The molecule has 5 aliphatic rings. The van der Waals surface area contributed by atoms with Gasteiger partial charge in [0.2, 0.25) is 5.79 Å². The van der Waals surface area contributed by atoms with Crippen LogP contribution in [0.1, 0.15) is 43.2 Å². The third-order valence-electron chi connectivity index (χ3n) is 7.25. The molecular formula is C19H22O4. The minimum atomic E-state index is -0.599. The Bertz CT molecular complexity index is 693. The summed E-state index contributed by atoms with van der Waals surface area (Å²) >= 11 is 0. The van der Waals surface area contributed by atoms with Crippen LogP contribution in [0.15, 0.2) is 12.1 Å². The smallest absolute Gasteiger partial charge is 0.206 e. The van der Waals surface area contributed by atoms with Crippen molar-refractivity contribution in [2.75, 3.05) is 13.2 Å². The van der Waals surface area contributed by atoms with Crippen molar-refractivity contribution >= 4 is 0 Å². The van der Waals surface area contributed by atoms with E-state index in [1.807, 2.05) is 0 Å². The molecule has 2 saturated carbocycles. The van der Waals surface area contributed by atoms with Crippen LogP contribution < -0.4 is 4.74 Å². The number of benzene rings is 1. The van der Waals surface area contributed by atoms with Crippen molar-refractivity contribution in [2.24, 2.45) is 11.8 Å². The van der Waals surface area contributed by atoms with E-state index in [2.05, 4.69) is 6.07 Å². The average Bonchev–Trinajstić information content (AvgIpc) is 3.14. The van der Waals surface area contributed by atoms with Crippen LogP contribution in [0, 0.1) is 11.8 Å². The van der Waals surface area contributed by atoms with E-state index >= 15 is 0 Å². The number of aromatic hydroxyl groups is 1. The second-order valence-corrected chi connectivity index (χ2v) is 8.00. The molecule has 23 heavy (non-hydrogen) atoms. The molecule has 3 fully saturated rings. The summed E-state index contributed by atoms with van der Waals surface area (Å²) in [6.07, 6.45) is 6.82. The summed E-state index contributed by atoms with van der Waals surface area (Å²) in [6.45, 7) is 1.30. The normalized spacial score (nSPS) is 41.7. The van der Waals surface area contributed by atoms with Crippen molar-refractivity contribution in [3.05, 3.63) is 23.3 Å². The van der Waals surface area contributed by atoms with Crippen LogP contribution in [0.25, 0.3) is 0 Å². The van der Waals surface area contributed by atoms with Gasteiger partial charge in [0, 0.05) is 17.4 Å². The maximum absolute atomic E-state index is 10.4. The van der Waals surface area contributed by atoms with Crippen LogP contribution in [0.2, 0.25) is 0 Å². The fourth-order valence-electron chi connectivity index (χ4n) is 6.62. The predicted octanol–water partition coefficient (Wildman–Crippen LogP) is 2.90. The molecule has 0 radical (unpaired) electrons. The molecule has 0 aromatic heterocycles. The zero-order chi connectivity index (χ0) is 15.2. The molecule has 2 spiro atoms. The fourth-order valence-corrected chi connectivity index (χ4v) is 6.62. The van der Waals surface area contributed by atoms with Crippen LogP contribution in [-0.4, -0.2) is 30.2 Å². The lowest BCUT2D eigenvalue weighted by Gasteiger charge is -2.58. The Morgan fingerprint density at radius 2 is 1.96 bits per heavy atom. The molecule has 1 aromatic carbocycles. The molecule has 2 bridgehead atoms. The highest BCUT2D eigenvalue weighted by atomic mass is 16.8. The second-order valence-electron chi connectivity index (χ2n) is 8.00. The zero-order valence-corrected chi connectivity index (χ0v) is 13.2. The highest BCUT2D eigenvalue weighted by molar-refractivity contribution is 5.60. The number of phenols is 1. The van der Waals surface area contributed by atoms with Gasteiger partial charge in [-0.15, -0.1) is 0 Å². The summed E-state index contributed by atoms with van der Waals surface area (Å²) in [5.74, 6) is 1.80. The predicted molar refractivity (Wildman–Crippen MR) is 82.6 cm³/mol. The van der Waals surface area contributed by atoms with Crippen molar-refractivity contribution in [1.82, 2.24) is 0 Å². The van der Waals surface area contributed by atoms with Gasteiger partial charge in [-0.25, -0.2) is 0 Å². The number of hydrogen-bond acceptors (Lipinski definition) is 4. The minimum Gasteiger partial charge on any atom is -0.504 e. The van der Waals surface area contributed by atoms with E-state index in [1.54, 1.807) is 6.07 Å². The Balaban J connectivity index is 1.64. The first-order valence-corrected chi connectivity index (χ1v) is 9.04. The number of ether oxygens (including phenoxy) is 3. The van der Waals surface area contributed by atoms with E-state index < -0.39 is 5.79 Å². The lowest BCUT2D eigenvalue weighted by atomic mass is 9.47. The maximum Gasteiger partial charge on any atom is 0.206 e. The first-order chi connectivity index (χ1) is 11.2. The van der Waals surface area contributed by atoms with Crippen LogP contribution in [-0.2, 0) is 21.3 Å². The van der Waals surface area contributed by atoms with Crippen molar-refractivity contribution in [3.8, 4) is 11.5 Å². The quantitative estimate of drug-likeness (QED) is 0.800. The Kier molecular flexibility index (Phi) is 2.30. The van der Waals surface area contributed by atoms with Crippen molar-refractivity contribution in [1.29, 1.82) is 0 Å². The van der Waals surface area contributed by atoms with Gasteiger partial charge in [-0.1, -0.05) is 12.5 Å². The summed E-state index contributed by atoms with van der Waals surface area (Å²) in [6, 6.07) is 3.93. The summed E-state index contributed by atoms with van der Waals surface area (Å²) in [5, 5.41) is 10.4. The number of phenolic OH excluding ortho intramolecular Hbond substituents is 1. The number of rotatable bonds is 0. The first-order valence-electron chi connectivity index (χ1n) is 9.04. The Morgan fingerprint density at radius 3 is 2.83 bits per heavy atom. The standard InChI is InChI=1S/C19H22O4/c20-14-4-3-12-10-11-2-1-6-18-13(11)5-7-19(21-8-9-22-19)17(18)23-16(14)15(12)18/h3-4,11,13,17,20H,1-2,5-10H2/t11-,13+,17-,18+/m1/s1. The van der Waals surface area contributed by atoms with Gasteiger partial charge in [0.15, 0.2) is 17.6 Å². The molecule has 1 N–H and O–H groups in total. The average molecular weight is 314 g/mol. The largest absolute Gasteiger partial charge is 0.504 e. The molecule has 6 rings (SSSR count). The van der Waals surface area contributed by atoms with Crippen molar-refractivity contribution in [2.45, 2.75) is 55.8 Å². The van der Waals surface area contributed by atoms with Gasteiger partial charge in [-0.3, -0.25) is 0 Å². The topological polar surface area (TPSA) is 47.9 Å². The van der Waals surface area contributed by atoms with Crippen molar-refractivity contribution in [3.63, 3.8) is 0 Å². The SMILES string of the molecule is Oc1ccc2c3c1O[C@H]1C4(CC[C@H]5[C@H](CCC[C@@]351)C2)OCCO4. The van der Waals surface area contributed by atoms with Crippen LogP contribution in [0.4, 0.5) is 0 Å². The highest BCUT2D eigenvalue weighted by Gasteiger charge is 2.70. The third kappa shape index (κ3) is 1.34. The Morgan fingerprint density at radius 1 is 1.09 bits per heavy atom. The Labute approximate surface area is 135 Å². The van der Waals surface area contributed by atoms with E-state index in [1.165, 1.54) is 24.0 Å². The number of hydrogen-bond donors (Lipinski definition) is 1. The Hall–Kier alpha value is -1.26. The summed E-state index contributed by atoms with van der Waals surface area (Å²) in [5.41, 5.74) is 2.67. The van der Waals surface area contributed by atoms with Crippen molar-refractivity contribution < 1.29 is 19.3 Å². The molecule has 4 nitrogen and oxygen atoms in total. The zero-order valence-electron chi connectivity index (χ0n) is 13.2. The van der Waals surface area contributed by atoms with E-state index in [4.69, 9.17) is 14.2 Å². The summed E-state index contributed by atoms with van der Waals surface area (Å²) in [4.78, 5) is 0. The van der Waals surface area contributed by atoms with Gasteiger partial charge in [-0.2, -0.15) is 0 Å². The van der Waals surface area contributed by atoms with E-state index in [0.29, 0.717) is 19.1 Å². The van der Waals surface area contributed by atoms with E-state index in [9.17, 15) is 5.11 Å². The molecule has 0 unspecified atom stereocenters. The maximum atomic E-state index is 10.4.